The Morgan fingerprint density at radius 2 is 2.24 bits per heavy atom. The van der Waals surface area contributed by atoms with Crippen LogP contribution in [-0.4, -0.2) is 34.6 Å². The van der Waals surface area contributed by atoms with E-state index in [0.717, 1.165) is 0 Å². The molecule has 0 fully saturated rings. The Kier molecular flexibility index (Phi) is 3.72. The van der Waals surface area contributed by atoms with Crippen LogP contribution in [0.25, 0.3) is 0 Å². The molecule has 0 saturated carbocycles. The van der Waals surface area contributed by atoms with Crippen molar-refractivity contribution < 1.29 is 4.92 Å². The number of hydrogen-bond acceptors (Lipinski definition) is 5. The monoisotopic (exact) mass is 241 g/mol. The molecule has 0 radical (unpaired) electrons. The molecule has 0 spiro atoms. The van der Waals surface area contributed by atoms with E-state index in [4.69, 9.17) is 5.73 Å². The van der Waals surface area contributed by atoms with Crippen LogP contribution in [0, 0.1) is 15.5 Å². The van der Waals surface area contributed by atoms with Crippen molar-refractivity contribution >= 4 is 11.6 Å². The number of nitrogens with two attached hydrogens (primary N) is 1. The highest BCUT2D eigenvalue weighted by atomic mass is 16.6. The molecular formula is C10H19N5O2. The summed E-state index contributed by atoms with van der Waals surface area (Å²) >= 11 is 0. The third-order valence-corrected chi connectivity index (χ3v) is 2.64. The Labute approximate surface area is 100 Å². The van der Waals surface area contributed by atoms with Gasteiger partial charge in [0.05, 0.1) is 0 Å². The molecule has 1 rings (SSSR count). The summed E-state index contributed by atoms with van der Waals surface area (Å²) in [5.41, 5.74) is 5.56. The fourth-order valence-electron chi connectivity index (χ4n) is 1.76. The summed E-state index contributed by atoms with van der Waals surface area (Å²) in [4.78, 5) is 16.0. The first kappa shape index (κ1) is 13.4. The molecule has 0 saturated heterocycles. The molecule has 0 aliphatic heterocycles. The summed E-state index contributed by atoms with van der Waals surface area (Å²) in [7, 11) is 3.54. The van der Waals surface area contributed by atoms with Gasteiger partial charge in [0.25, 0.3) is 0 Å². The van der Waals surface area contributed by atoms with Crippen LogP contribution in [0.1, 0.15) is 13.8 Å². The van der Waals surface area contributed by atoms with Crippen LogP contribution < -0.4 is 10.6 Å². The number of imidazole rings is 1. The zero-order valence-electron chi connectivity index (χ0n) is 10.7. The van der Waals surface area contributed by atoms with Crippen LogP contribution in [0.2, 0.25) is 0 Å². The molecule has 96 valence electrons. The van der Waals surface area contributed by atoms with E-state index in [0.29, 0.717) is 18.9 Å². The maximum absolute atomic E-state index is 10.9. The normalized spacial score (nSPS) is 11.6. The molecule has 0 unspecified atom stereocenters. The van der Waals surface area contributed by atoms with E-state index in [1.54, 1.807) is 18.7 Å². The van der Waals surface area contributed by atoms with Crippen molar-refractivity contribution in [3.05, 3.63) is 16.4 Å². The van der Waals surface area contributed by atoms with Crippen molar-refractivity contribution in [3.63, 3.8) is 0 Å². The highest BCUT2D eigenvalue weighted by molar-refractivity contribution is 5.54. The number of nitrogens with zero attached hydrogens (tertiary/aromatic N) is 4. The predicted octanol–water partition coefficient (Wildman–Crippen LogP) is 0.749. The molecule has 2 N–H and O–H groups in total. The van der Waals surface area contributed by atoms with E-state index in [9.17, 15) is 10.1 Å². The van der Waals surface area contributed by atoms with Gasteiger partial charge in [-0.3, -0.25) is 4.57 Å². The second-order valence-corrected chi connectivity index (χ2v) is 4.98. The van der Waals surface area contributed by atoms with Gasteiger partial charge in [-0.2, -0.15) is 0 Å². The van der Waals surface area contributed by atoms with Gasteiger partial charge in [-0.1, -0.05) is 13.8 Å². The van der Waals surface area contributed by atoms with Crippen LogP contribution in [-0.2, 0) is 7.05 Å². The third-order valence-electron chi connectivity index (χ3n) is 2.64. The second-order valence-electron chi connectivity index (χ2n) is 4.98. The molecule has 1 aromatic rings. The van der Waals surface area contributed by atoms with Gasteiger partial charge in [0.2, 0.25) is 12.1 Å². The van der Waals surface area contributed by atoms with E-state index in [1.807, 2.05) is 18.7 Å². The Hall–Kier alpha value is -1.63. The maximum Gasteiger partial charge on any atom is 0.406 e. The van der Waals surface area contributed by atoms with Crippen molar-refractivity contribution in [2.75, 3.05) is 25.0 Å². The Morgan fingerprint density at radius 1 is 1.65 bits per heavy atom. The average Bonchev–Trinajstić information content (AvgIpc) is 2.59. The van der Waals surface area contributed by atoms with Gasteiger partial charge in [-0.25, -0.2) is 0 Å². The van der Waals surface area contributed by atoms with Gasteiger partial charge in [-0.05, 0) is 21.9 Å². The number of rotatable bonds is 5. The van der Waals surface area contributed by atoms with Gasteiger partial charge >= 0.3 is 5.82 Å². The number of aryl methyl sites for hydroxylation is 1. The lowest BCUT2D eigenvalue weighted by Crippen LogP contribution is -2.37. The van der Waals surface area contributed by atoms with Gasteiger partial charge < -0.3 is 20.7 Å². The standard InChI is InChI=1S/C10H19N5O2/c1-10(2,5-11)6-13(3)9-8(15(16)17)12-7-14(9)4/h7H,5-6,11H2,1-4H3. The molecule has 0 aliphatic rings. The Bertz CT molecular complexity index is 413. The van der Waals surface area contributed by atoms with Gasteiger partial charge in [0.1, 0.15) is 0 Å². The number of hydrogen-bond donors (Lipinski definition) is 1. The minimum absolute atomic E-state index is 0.104. The quantitative estimate of drug-likeness (QED) is 0.606. The molecule has 0 aliphatic carbocycles. The van der Waals surface area contributed by atoms with Crippen molar-refractivity contribution in [2.45, 2.75) is 13.8 Å². The topological polar surface area (TPSA) is 90.2 Å². The van der Waals surface area contributed by atoms with Gasteiger partial charge in [0, 0.05) is 20.6 Å². The van der Waals surface area contributed by atoms with Crippen molar-refractivity contribution in [3.8, 4) is 0 Å². The number of anilines is 1. The van der Waals surface area contributed by atoms with Crippen molar-refractivity contribution in [1.82, 2.24) is 9.55 Å². The minimum atomic E-state index is -0.471. The highest BCUT2D eigenvalue weighted by Crippen LogP contribution is 2.27. The maximum atomic E-state index is 10.9. The highest BCUT2D eigenvalue weighted by Gasteiger charge is 2.27. The van der Waals surface area contributed by atoms with E-state index in [-0.39, 0.29) is 11.2 Å². The number of nitro groups is 1. The largest absolute Gasteiger partial charge is 0.406 e. The molecule has 7 heteroatoms. The lowest BCUT2D eigenvalue weighted by molar-refractivity contribution is -0.388. The summed E-state index contributed by atoms with van der Waals surface area (Å²) in [6, 6.07) is 0. The first-order valence-corrected chi connectivity index (χ1v) is 5.35. The third kappa shape index (κ3) is 2.94. The van der Waals surface area contributed by atoms with E-state index in [2.05, 4.69) is 4.98 Å². The zero-order chi connectivity index (χ0) is 13.2. The van der Waals surface area contributed by atoms with Crippen LogP contribution in [0.5, 0.6) is 0 Å². The molecule has 0 bridgehead atoms. The van der Waals surface area contributed by atoms with Gasteiger partial charge in [-0.15, -0.1) is 0 Å². The molecule has 0 amide bonds. The first-order chi connectivity index (χ1) is 7.78. The summed E-state index contributed by atoms with van der Waals surface area (Å²) in [5.74, 6) is 0.374. The van der Waals surface area contributed by atoms with E-state index >= 15 is 0 Å². The van der Waals surface area contributed by atoms with Gasteiger partial charge in [0.15, 0.2) is 0 Å². The average molecular weight is 241 g/mol. The molecule has 1 aromatic heterocycles. The first-order valence-electron chi connectivity index (χ1n) is 5.35. The second kappa shape index (κ2) is 4.70. The van der Waals surface area contributed by atoms with E-state index in [1.165, 1.54) is 6.33 Å². The smallest absolute Gasteiger partial charge is 0.358 e. The summed E-state index contributed by atoms with van der Waals surface area (Å²) in [6.45, 7) is 5.18. The van der Waals surface area contributed by atoms with Crippen molar-refractivity contribution in [1.29, 1.82) is 0 Å². The van der Waals surface area contributed by atoms with Crippen LogP contribution in [0.15, 0.2) is 6.33 Å². The molecule has 1 heterocycles. The Balaban J connectivity index is 3.00. The SMILES string of the molecule is CN(CC(C)(C)CN)c1c([N+](=O)[O-])ncn1C. The fourth-order valence-corrected chi connectivity index (χ4v) is 1.76. The van der Waals surface area contributed by atoms with Crippen molar-refractivity contribution in [2.24, 2.45) is 18.2 Å². The molecule has 0 atom stereocenters. The van der Waals surface area contributed by atoms with Crippen LogP contribution in [0.3, 0.4) is 0 Å². The summed E-state index contributed by atoms with van der Waals surface area (Å²) < 4.78 is 1.64. The molecular weight excluding hydrogens is 222 g/mol. The fraction of sp³-hybridized carbons (Fsp3) is 0.700. The van der Waals surface area contributed by atoms with Crippen LogP contribution in [0.4, 0.5) is 11.6 Å². The molecule has 0 aromatic carbocycles. The lowest BCUT2D eigenvalue weighted by atomic mass is 9.93. The van der Waals surface area contributed by atoms with E-state index < -0.39 is 4.92 Å². The molecule has 17 heavy (non-hydrogen) atoms. The summed E-state index contributed by atoms with van der Waals surface area (Å²) in [6.07, 6.45) is 1.44. The van der Waals surface area contributed by atoms with Crippen LogP contribution >= 0.6 is 0 Å². The number of aromatic nitrogens is 2. The summed E-state index contributed by atoms with van der Waals surface area (Å²) in [5, 5.41) is 10.9. The lowest BCUT2D eigenvalue weighted by Gasteiger charge is -2.29. The zero-order valence-corrected chi connectivity index (χ0v) is 10.7. The Morgan fingerprint density at radius 3 is 2.71 bits per heavy atom. The minimum Gasteiger partial charge on any atom is -0.358 e. The predicted molar refractivity (Wildman–Crippen MR) is 66.0 cm³/mol. The molecule has 7 nitrogen and oxygen atoms in total.